The highest BCUT2D eigenvalue weighted by molar-refractivity contribution is 7.27. The van der Waals surface area contributed by atoms with E-state index in [1.807, 2.05) is 11.3 Å². The van der Waals surface area contributed by atoms with Crippen molar-refractivity contribution in [2.75, 3.05) is 9.71 Å². The summed E-state index contributed by atoms with van der Waals surface area (Å²) >= 11 is 2.01. The first kappa shape index (κ1) is 39.8. The van der Waals surface area contributed by atoms with Gasteiger partial charge in [-0.15, -0.1) is 11.3 Å². The molecule has 7 aromatic carbocycles. The van der Waals surface area contributed by atoms with Gasteiger partial charge in [-0.3, -0.25) is 0 Å². The molecule has 1 saturated carbocycles. The van der Waals surface area contributed by atoms with Crippen LogP contribution in [0.2, 0.25) is 0 Å². The summed E-state index contributed by atoms with van der Waals surface area (Å²) in [6.45, 7) is 24.7. The molecule has 4 heteroatoms. The molecule has 322 valence electrons. The molecule has 3 aliphatic heterocycles. The van der Waals surface area contributed by atoms with Gasteiger partial charge in [-0.2, -0.15) is 0 Å². The zero-order valence-electron chi connectivity index (χ0n) is 39.8. The molecule has 0 radical (unpaired) electrons. The Morgan fingerprint density at radius 3 is 2.03 bits per heavy atom. The van der Waals surface area contributed by atoms with E-state index in [-0.39, 0.29) is 34.0 Å². The molecule has 8 aromatic rings. The molecule has 13 rings (SSSR count). The van der Waals surface area contributed by atoms with E-state index in [2.05, 4.69) is 206 Å². The standard InChI is InChI=1S/C61H59BN2S/c1-57(2,3)37-26-28-47(42(32-37)36-20-12-11-13-21-36)63-48-29-27-41-40-23-15-17-25-50(40)65-56(41)54(48)62-53-49(63)35-43-39-22-14-16-24-45(39)59(7,8)52(43)51(53)44-33-38(58(4,5)6)34-46-55(44)64(62)61(10)31-19-18-30-60(46,61)9/h11-17,20-29,32-35H,18-19,30-31H2,1-10H3. The van der Waals surface area contributed by atoms with Crippen molar-refractivity contribution in [3.05, 3.63) is 155 Å². The predicted octanol–water partition coefficient (Wildman–Crippen LogP) is 15.6. The molecule has 4 heterocycles. The maximum atomic E-state index is 3.05. The van der Waals surface area contributed by atoms with Crippen LogP contribution >= 0.6 is 11.3 Å². The smallest absolute Gasteiger partial charge is 0.330 e. The highest BCUT2D eigenvalue weighted by Gasteiger charge is 2.64. The van der Waals surface area contributed by atoms with Gasteiger partial charge in [0, 0.05) is 64.7 Å². The topological polar surface area (TPSA) is 6.48 Å². The molecule has 2 atom stereocenters. The molecule has 1 fully saturated rings. The fourth-order valence-corrected chi connectivity index (χ4v) is 15.0. The molecule has 65 heavy (non-hydrogen) atoms. The van der Waals surface area contributed by atoms with Crippen LogP contribution in [0, 0.1) is 0 Å². The lowest BCUT2D eigenvalue weighted by atomic mass is 9.41. The Hall–Kier alpha value is -5.58. The highest BCUT2D eigenvalue weighted by Crippen LogP contribution is 2.66. The summed E-state index contributed by atoms with van der Waals surface area (Å²) in [6.07, 6.45) is 4.91. The van der Waals surface area contributed by atoms with Crippen molar-refractivity contribution >= 4 is 72.0 Å². The number of rotatable bonds is 2. The zero-order valence-corrected chi connectivity index (χ0v) is 40.6. The lowest BCUT2D eigenvalue weighted by Crippen LogP contribution is -2.71. The zero-order chi connectivity index (χ0) is 44.7. The third kappa shape index (κ3) is 5.02. The predicted molar refractivity (Wildman–Crippen MR) is 282 cm³/mol. The van der Waals surface area contributed by atoms with Crippen molar-refractivity contribution in [2.45, 2.75) is 122 Å². The van der Waals surface area contributed by atoms with Crippen LogP contribution in [-0.4, -0.2) is 12.4 Å². The summed E-state index contributed by atoms with van der Waals surface area (Å²) in [5.41, 5.74) is 23.5. The van der Waals surface area contributed by atoms with Gasteiger partial charge in [0.05, 0.1) is 5.69 Å². The lowest BCUT2D eigenvalue weighted by Gasteiger charge is -2.55. The molecule has 5 aliphatic rings. The Labute approximate surface area is 390 Å². The molecular weight excluding hydrogens is 804 g/mol. The van der Waals surface area contributed by atoms with Gasteiger partial charge in [-0.25, -0.2) is 0 Å². The number of nitrogens with zero attached hydrogens (tertiary/aromatic N) is 2. The minimum Gasteiger partial charge on any atom is -0.400 e. The molecular formula is C61H59BN2S. The number of anilines is 4. The molecule has 0 bridgehead atoms. The van der Waals surface area contributed by atoms with E-state index in [4.69, 9.17) is 0 Å². The Balaban J connectivity index is 1.26. The third-order valence-electron chi connectivity index (χ3n) is 17.3. The summed E-state index contributed by atoms with van der Waals surface area (Å²) in [6, 6.07) is 50.0. The van der Waals surface area contributed by atoms with Crippen LogP contribution in [0.3, 0.4) is 0 Å². The maximum absolute atomic E-state index is 3.05. The number of hydrogen-bond donors (Lipinski definition) is 0. The molecule has 2 nitrogen and oxygen atoms in total. The molecule has 1 aromatic heterocycles. The lowest BCUT2D eigenvalue weighted by molar-refractivity contribution is 0.199. The van der Waals surface area contributed by atoms with Crippen LogP contribution in [0.1, 0.15) is 123 Å². The van der Waals surface area contributed by atoms with Crippen LogP contribution in [-0.2, 0) is 21.7 Å². The summed E-state index contributed by atoms with van der Waals surface area (Å²) in [7, 11) is 0. The van der Waals surface area contributed by atoms with Crippen molar-refractivity contribution in [1.29, 1.82) is 0 Å². The van der Waals surface area contributed by atoms with Crippen LogP contribution in [0.5, 0.6) is 0 Å². The summed E-state index contributed by atoms with van der Waals surface area (Å²) < 4.78 is 2.79. The van der Waals surface area contributed by atoms with E-state index in [1.54, 1.807) is 5.56 Å². The van der Waals surface area contributed by atoms with Crippen molar-refractivity contribution in [3.63, 3.8) is 0 Å². The molecule has 0 N–H and O–H groups in total. The van der Waals surface area contributed by atoms with Gasteiger partial charge in [-0.1, -0.05) is 166 Å². The molecule has 2 aliphatic carbocycles. The van der Waals surface area contributed by atoms with Gasteiger partial charge in [0.25, 0.3) is 0 Å². The minimum atomic E-state index is -0.203. The van der Waals surface area contributed by atoms with Gasteiger partial charge in [-0.05, 0) is 128 Å². The summed E-state index contributed by atoms with van der Waals surface area (Å²) in [5, 5.41) is 2.74. The number of benzene rings is 7. The van der Waals surface area contributed by atoms with Crippen molar-refractivity contribution in [2.24, 2.45) is 0 Å². The minimum absolute atomic E-state index is 0.00489. The van der Waals surface area contributed by atoms with Gasteiger partial charge in [0.1, 0.15) is 0 Å². The first-order valence-electron chi connectivity index (χ1n) is 24.3. The average molecular weight is 863 g/mol. The second-order valence-electron chi connectivity index (χ2n) is 23.2. The highest BCUT2D eigenvalue weighted by atomic mass is 32.1. The van der Waals surface area contributed by atoms with E-state index >= 15 is 0 Å². The summed E-state index contributed by atoms with van der Waals surface area (Å²) in [4.78, 5) is 5.78. The third-order valence-corrected chi connectivity index (χ3v) is 18.5. The first-order chi connectivity index (χ1) is 31.0. The van der Waals surface area contributed by atoms with E-state index in [0.29, 0.717) is 0 Å². The quantitative estimate of drug-likeness (QED) is 0.160. The number of thiophene rings is 1. The van der Waals surface area contributed by atoms with Crippen LogP contribution < -0.4 is 20.6 Å². The average Bonchev–Trinajstić information content (AvgIpc) is 3.85. The summed E-state index contributed by atoms with van der Waals surface area (Å²) in [5.74, 6) is 0. The van der Waals surface area contributed by atoms with E-state index in [1.165, 1.54) is 135 Å². The van der Waals surface area contributed by atoms with Crippen LogP contribution in [0.4, 0.5) is 22.7 Å². The number of fused-ring (bicyclic) bond motifs is 15. The van der Waals surface area contributed by atoms with Crippen molar-refractivity contribution < 1.29 is 0 Å². The van der Waals surface area contributed by atoms with E-state index in [9.17, 15) is 0 Å². The van der Waals surface area contributed by atoms with Crippen molar-refractivity contribution in [1.82, 2.24) is 0 Å². The maximum Gasteiger partial charge on any atom is 0.330 e. The second kappa shape index (κ2) is 12.9. The Bertz CT molecular complexity index is 3380. The van der Waals surface area contributed by atoms with Gasteiger partial charge >= 0.3 is 6.85 Å². The van der Waals surface area contributed by atoms with Crippen LogP contribution in [0.15, 0.2) is 127 Å². The Morgan fingerprint density at radius 1 is 0.554 bits per heavy atom. The monoisotopic (exact) mass is 862 g/mol. The number of hydrogen-bond acceptors (Lipinski definition) is 3. The van der Waals surface area contributed by atoms with Crippen LogP contribution in [0.25, 0.3) is 53.6 Å². The SMILES string of the molecule is CC(C)(C)c1ccc(N2c3cc4c(c5c3B(c3c2ccc2c3sc3ccccc32)N2c3c-5cc(C(C)(C)C)cc3C3(C)CCCCC23C)C(C)(C)c2ccccc2-4)c(-c2ccccc2)c1. The normalized spacial score (nSPS) is 21.0. The van der Waals surface area contributed by atoms with E-state index < -0.39 is 0 Å². The fraction of sp³-hybridized carbons (Fsp3) is 0.311. The van der Waals surface area contributed by atoms with Crippen molar-refractivity contribution in [3.8, 4) is 33.4 Å². The van der Waals surface area contributed by atoms with Gasteiger partial charge in [0.15, 0.2) is 0 Å². The Morgan fingerprint density at radius 2 is 1.25 bits per heavy atom. The first-order valence-corrected chi connectivity index (χ1v) is 25.1. The fourth-order valence-electron chi connectivity index (χ4n) is 13.7. The molecule has 0 amide bonds. The molecule has 0 saturated heterocycles. The Kier molecular flexibility index (Phi) is 7.86. The second-order valence-corrected chi connectivity index (χ2v) is 24.2. The van der Waals surface area contributed by atoms with E-state index in [0.717, 1.165) is 0 Å². The van der Waals surface area contributed by atoms with Gasteiger partial charge < -0.3 is 9.71 Å². The molecule has 0 spiro atoms. The largest absolute Gasteiger partial charge is 0.400 e. The van der Waals surface area contributed by atoms with Gasteiger partial charge in [0.2, 0.25) is 0 Å². The molecule has 2 unspecified atom stereocenters.